The Balaban J connectivity index is 3.28. The average Bonchev–Trinajstić information content (AvgIpc) is 2.52. The van der Waals surface area contributed by atoms with Gasteiger partial charge in [0, 0.05) is 26.2 Å². The van der Waals surface area contributed by atoms with Crippen LogP contribution in [0.4, 0.5) is 17.1 Å². The highest BCUT2D eigenvalue weighted by Crippen LogP contribution is 2.37. The smallest absolute Gasteiger partial charge is 0.247 e. The molecule has 0 atom stereocenters. The van der Waals surface area contributed by atoms with Gasteiger partial charge in [0.2, 0.25) is 5.91 Å². The fourth-order valence-electron chi connectivity index (χ4n) is 2.08. The summed E-state index contributed by atoms with van der Waals surface area (Å²) in [4.78, 5) is 15.9. The third kappa shape index (κ3) is 5.51. The van der Waals surface area contributed by atoms with Crippen LogP contribution in [0.25, 0.3) is 0 Å². The lowest BCUT2D eigenvalue weighted by molar-refractivity contribution is -0.111. The van der Waals surface area contributed by atoms with Crippen molar-refractivity contribution in [2.24, 2.45) is 5.73 Å². The molecule has 0 aliphatic heterocycles. The number of nitrogens with zero attached hydrogens (tertiary/aromatic N) is 2. The Morgan fingerprint density at radius 2 is 1.92 bits per heavy atom. The Morgan fingerprint density at radius 1 is 1.25 bits per heavy atom. The molecule has 0 aromatic heterocycles. The summed E-state index contributed by atoms with van der Waals surface area (Å²) in [6.07, 6.45) is 1.22. The molecule has 1 amide bonds. The number of rotatable bonds is 9. The molecule has 1 rings (SSSR count). The number of nitrogens with two attached hydrogens (primary N) is 1. The molecule has 24 heavy (non-hydrogen) atoms. The van der Waals surface area contributed by atoms with Crippen LogP contribution in [0.2, 0.25) is 0 Å². The zero-order valence-electron chi connectivity index (χ0n) is 14.8. The van der Waals surface area contributed by atoms with Gasteiger partial charge < -0.3 is 30.9 Å². The highest BCUT2D eigenvalue weighted by molar-refractivity contribution is 6.02. The Labute approximate surface area is 143 Å². The third-order valence-electron chi connectivity index (χ3n) is 3.35. The molecule has 0 heterocycles. The van der Waals surface area contributed by atoms with Gasteiger partial charge in [-0.1, -0.05) is 13.2 Å². The number of hydrogen-bond donors (Lipinski definition) is 3. The van der Waals surface area contributed by atoms with Gasteiger partial charge in [-0.15, -0.1) is 0 Å². The minimum Gasteiger partial charge on any atom is -0.494 e. The van der Waals surface area contributed by atoms with Gasteiger partial charge in [-0.25, -0.2) is 0 Å². The number of likely N-dealkylation sites (N-methyl/N-ethyl adjacent to an activating group) is 2. The lowest BCUT2D eigenvalue weighted by Gasteiger charge is -2.26. The second-order valence-corrected chi connectivity index (χ2v) is 5.64. The number of ether oxygens (including phenoxy) is 1. The molecule has 0 radical (unpaired) electrons. The summed E-state index contributed by atoms with van der Waals surface area (Å²) in [5.74, 6) is 0.591. The van der Waals surface area contributed by atoms with E-state index in [0.29, 0.717) is 17.1 Å². The molecule has 0 spiro atoms. The number of carbonyl (C=O) groups is 1. The fourth-order valence-corrected chi connectivity index (χ4v) is 2.08. The van der Waals surface area contributed by atoms with E-state index in [4.69, 9.17) is 10.5 Å². The van der Waals surface area contributed by atoms with Crippen molar-refractivity contribution in [2.75, 3.05) is 56.9 Å². The Morgan fingerprint density at radius 3 is 2.42 bits per heavy atom. The summed E-state index contributed by atoms with van der Waals surface area (Å²) < 4.78 is 5.42. The minimum absolute atomic E-state index is 0.281. The van der Waals surface area contributed by atoms with Crippen LogP contribution in [0, 0.1) is 0 Å². The van der Waals surface area contributed by atoms with E-state index in [2.05, 4.69) is 28.7 Å². The van der Waals surface area contributed by atoms with Crippen molar-refractivity contribution < 1.29 is 9.53 Å². The maximum absolute atomic E-state index is 11.8. The minimum atomic E-state index is -0.292. The molecule has 7 heteroatoms. The fraction of sp³-hybridized carbons (Fsp3) is 0.353. The first-order valence-electron chi connectivity index (χ1n) is 7.51. The van der Waals surface area contributed by atoms with E-state index in [9.17, 15) is 4.79 Å². The number of benzene rings is 1. The van der Waals surface area contributed by atoms with Gasteiger partial charge in [0.15, 0.2) is 0 Å². The normalized spacial score (nSPS) is 10.2. The topological polar surface area (TPSA) is 82.9 Å². The number of carbonyl (C=O) groups excluding carboxylic acids is 1. The van der Waals surface area contributed by atoms with Crippen molar-refractivity contribution in [1.82, 2.24) is 4.90 Å². The maximum atomic E-state index is 11.8. The van der Waals surface area contributed by atoms with Crippen molar-refractivity contribution >= 4 is 23.0 Å². The summed E-state index contributed by atoms with van der Waals surface area (Å²) in [6.45, 7) is 8.77. The van der Waals surface area contributed by atoms with Gasteiger partial charge in [0.05, 0.1) is 30.0 Å². The molecule has 0 aliphatic rings. The van der Waals surface area contributed by atoms with E-state index in [1.165, 1.54) is 6.08 Å². The van der Waals surface area contributed by atoms with Gasteiger partial charge in [-0.2, -0.15) is 0 Å². The van der Waals surface area contributed by atoms with Crippen molar-refractivity contribution in [3.8, 4) is 5.75 Å². The molecule has 0 unspecified atom stereocenters. The van der Waals surface area contributed by atoms with Gasteiger partial charge in [-0.3, -0.25) is 4.79 Å². The summed E-state index contributed by atoms with van der Waals surface area (Å²) in [5.41, 5.74) is 7.70. The zero-order valence-corrected chi connectivity index (χ0v) is 14.8. The molecule has 0 fully saturated rings. The first-order chi connectivity index (χ1) is 11.3. The highest BCUT2D eigenvalue weighted by Gasteiger charge is 2.15. The van der Waals surface area contributed by atoms with E-state index in [0.717, 1.165) is 18.8 Å². The van der Waals surface area contributed by atoms with Crippen molar-refractivity contribution in [3.63, 3.8) is 0 Å². The Bertz CT molecular complexity index is 613. The second kappa shape index (κ2) is 8.83. The molecule has 0 aliphatic carbocycles. The van der Waals surface area contributed by atoms with Crippen molar-refractivity contribution in [3.05, 3.63) is 37.2 Å². The van der Waals surface area contributed by atoms with Gasteiger partial charge in [0.1, 0.15) is 5.75 Å². The molecule has 132 valence electrons. The SMILES string of the molecule is C=CC(=O)Nc1cc(NC(=C)N)c(OC)cc1N(C)CCN(C)C. The van der Waals surface area contributed by atoms with Gasteiger partial charge in [-0.05, 0) is 26.2 Å². The monoisotopic (exact) mass is 333 g/mol. The first kappa shape index (κ1) is 19.4. The molecule has 4 N–H and O–H groups in total. The quantitative estimate of drug-likeness (QED) is 0.596. The average molecular weight is 333 g/mol. The van der Waals surface area contributed by atoms with Crippen LogP contribution in [0.1, 0.15) is 0 Å². The van der Waals surface area contributed by atoms with E-state index < -0.39 is 0 Å². The third-order valence-corrected chi connectivity index (χ3v) is 3.35. The number of anilines is 3. The zero-order chi connectivity index (χ0) is 18.3. The van der Waals surface area contributed by atoms with Crippen LogP contribution in [-0.2, 0) is 4.79 Å². The Kier molecular flexibility index (Phi) is 7.13. The predicted octanol–water partition coefficient (Wildman–Crippen LogP) is 1.66. The lowest BCUT2D eigenvalue weighted by atomic mass is 10.2. The number of amides is 1. The van der Waals surface area contributed by atoms with Crippen LogP contribution in [0.5, 0.6) is 5.75 Å². The largest absolute Gasteiger partial charge is 0.494 e. The number of methoxy groups -OCH3 is 1. The van der Waals surface area contributed by atoms with Crippen LogP contribution < -0.4 is 26.0 Å². The highest BCUT2D eigenvalue weighted by atomic mass is 16.5. The summed E-state index contributed by atoms with van der Waals surface area (Å²) in [6, 6.07) is 3.61. The van der Waals surface area contributed by atoms with E-state index >= 15 is 0 Å². The standard InChI is InChI=1S/C17H27N5O2/c1-7-17(23)20-13-10-14(19-12(2)18)16(24-6)11-15(13)22(5)9-8-21(3)4/h7,10-11,19H,1-2,8-9,18H2,3-6H3,(H,20,23). The molecule has 0 saturated heterocycles. The van der Waals surface area contributed by atoms with E-state index in [1.54, 1.807) is 13.2 Å². The summed E-state index contributed by atoms with van der Waals surface area (Å²) in [7, 11) is 7.55. The summed E-state index contributed by atoms with van der Waals surface area (Å²) in [5, 5.41) is 5.74. The van der Waals surface area contributed by atoms with Gasteiger partial charge >= 0.3 is 0 Å². The molecule has 7 nitrogen and oxygen atoms in total. The predicted molar refractivity (Wildman–Crippen MR) is 101 cm³/mol. The van der Waals surface area contributed by atoms with Crippen LogP contribution >= 0.6 is 0 Å². The summed E-state index contributed by atoms with van der Waals surface area (Å²) >= 11 is 0. The van der Waals surface area contributed by atoms with Crippen molar-refractivity contribution in [1.29, 1.82) is 0 Å². The molecular formula is C17H27N5O2. The molecular weight excluding hydrogens is 306 g/mol. The Hall–Kier alpha value is -2.67. The molecule has 0 saturated carbocycles. The van der Waals surface area contributed by atoms with E-state index in [1.807, 2.05) is 32.1 Å². The number of nitrogens with one attached hydrogen (secondary N) is 2. The number of hydrogen-bond acceptors (Lipinski definition) is 6. The second-order valence-electron chi connectivity index (χ2n) is 5.64. The molecule has 0 bridgehead atoms. The first-order valence-corrected chi connectivity index (χ1v) is 7.51. The molecule has 1 aromatic carbocycles. The maximum Gasteiger partial charge on any atom is 0.247 e. The van der Waals surface area contributed by atoms with Crippen LogP contribution in [0.3, 0.4) is 0 Å². The van der Waals surface area contributed by atoms with Crippen molar-refractivity contribution in [2.45, 2.75) is 0 Å². The van der Waals surface area contributed by atoms with Gasteiger partial charge in [0.25, 0.3) is 0 Å². The van der Waals surface area contributed by atoms with Crippen LogP contribution in [0.15, 0.2) is 37.2 Å². The van der Waals surface area contributed by atoms with Crippen LogP contribution in [-0.4, -0.2) is 52.1 Å². The van der Waals surface area contributed by atoms with E-state index in [-0.39, 0.29) is 11.7 Å². The lowest BCUT2D eigenvalue weighted by Crippen LogP contribution is -2.29. The molecule has 1 aromatic rings.